The van der Waals surface area contributed by atoms with Crippen LogP contribution in [0.4, 0.5) is 21.9 Å². The van der Waals surface area contributed by atoms with Gasteiger partial charge in [0.05, 0.1) is 24.2 Å². The van der Waals surface area contributed by atoms with Gasteiger partial charge in [0.15, 0.2) is 5.75 Å². The maximum Gasteiger partial charge on any atom is 0.323 e. The fourth-order valence-corrected chi connectivity index (χ4v) is 3.97. The number of hydrogen-bond donors (Lipinski definition) is 3. The predicted octanol–water partition coefficient (Wildman–Crippen LogP) is 6.74. The molecule has 6 nitrogen and oxygen atoms in total. The summed E-state index contributed by atoms with van der Waals surface area (Å²) in [5.74, 6) is 0.440. The van der Waals surface area contributed by atoms with Crippen LogP contribution in [-0.2, 0) is 5.41 Å². The molecule has 4 N–H and O–H groups in total. The van der Waals surface area contributed by atoms with Crippen molar-refractivity contribution in [1.29, 1.82) is 0 Å². The summed E-state index contributed by atoms with van der Waals surface area (Å²) in [5, 5.41) is 7.87. The Morgan fingerprint density at radius 1 is 0.941 bits per heavy atom. The summed E-state index contributed by atoms with van der Waals surface area (Å²) in [6.45, 7) is 8.24. The van der Waals surface area contributed by atoms with Crippen LogP contribution < -0.4 is 21.1 Å². The summed E-state index contributed by atoms with van der Waals surface area (Å²) in [6, 6.07) is 19.4. The van der Waals surface area contributed by atoms with Gasteiger partial charge in [-0.15, -0.1) is 0 Å². The number of fused-ring (bicyclic) bond motifs is 1. The number of carbonyl (C=O) groups excluding carboxylic acids is 1. The van der Waals surface area contributed by atoms with Crippen LogP contribution in [0.25, 0.3) is 21.9 Å². The number of nitrogens with zero attached hydrogens (tertiary/aromatic N) is 1. The molecule has 2 amide bonds. The van der Waals surface area contributed by atoms with Gasteiger partial charge < -0.3 is 21.1 Å². The lowest BCUT2D eigenvalue weighted by Gasteiger charge is -2.23. The molecule has 0 unspecified atom stereocenters. The van der Waals surface area contributed by atoms with E-state index in [0.29, 0.717) is 22.8 Å². The molecule has 4 rings (SSSR count). The van der Waals surface area contributed by atoms with Crippen molar-refractivity contribution in [2.24, 2.45) is 0 Å². The number of methoxy groups -OCH3 is 1. The van der Waals surface area contributed by atoms with Crippen molar-refractivity contribution in [1.82, 2.24) is 4.98 Å². The topological polar surface area (TPSA) is 89.3 Å². The first kappa shape index (κ1) is 23.1. The van der Waals surface area contributed by atoms with Gasteiger partial charge in [0.1, 0.15) is 0 Å². The third-order valence-electron chi connectivity index (χ3n) is 5.83. The van der Waals surface area contributed by atoms with E-state index in [4.69, 9.17) is 10.5 Å². The van der Waals surface area contributed by atoms with E-state index in [1.54, 1.807) is 0 Å². The molecule has 34 heavy (non-hydrogen) atoms. The Kier molecular flexibility index (Phi) is 6.16. The fourth-order valence-electron chi connectivity index (χ4n) is 3.97. The van der Waals surface area contributed by atoms with Gasteiger partial charge in [-0.25, -0.2) is 4.79 Å². The molecule has 4 aromatic rings. The summed E-state index contributed by atoms with van der Waals surface area (Å²) in [6.07, 6.45) is 1.87. The summed E-state index contributed by atoms with van der Waals surface area (Å²) >= 11 is 0. The third-order valence-corrected chi connectivity index (χ3v) is 5.83. The molecule has 0 bridgehead atoms. The molecule has 0 spiro atoms. The van der Waals surface area contributed by atoms with Gasteiger partial charge in [-0.05, 0) is 53.1 Å². The Balaban J connectivity index is 1.67. The molecular weight excluding hydrogens is 424 g/mol. The standard InChI is InChI=1S/C28H30N4O2/c1-17-10-11-18(16-30-17)20-12-13-24(22-9-7-6-8-21(20)22)31-27(33)32-25-15-19(28(2,3)4)14-23(29)26(25)34-5/h6-16H,29H2,1-5H3,(H2,31,32,33). The normalized spacial score (nSPS) is 11.3. The summed E-state index contributed by atoms with van der Waals surface area (Å²) in [7, 11) is 1.54. The van der Waals surface area contributed by atoms with E-state index >= 15 is 0 Å². The molecule has 0 atom stereocenters. The molecule has 0 saturated heterocycles. The molecule has 6 heteroatoms. The minimum atomic E-state index is -0.376. The molecule has 0 aliphatic carbocycles. The van der Waals surface area contributed by atoms with E-state index < -0.39 is 0 Å². The van der Waals surface area contributed by atoms with Crippen molar-refractivity contribution in [3.63, 3.8) is 0 Å². The molecule has 0 aliphatic heterocycles. The van der Waals surface area contributed by atoms with Crippen LogP contribution in [0.1, 0.15) is 32.0 Å². The first-order valence-electron chi connectivity index (χ1n) is 11.2. The number of hydrogen-bond acceptors (Lipinski definition) is 4. The number of rotatable bonds is 4. The molecule has 0 fully saturated rings. The zero-order valence-electron chi connectivity index (χ0n) is 20.2. The number of benzene rings is 3. The minimum absolute atomic E-state index is 0.135. The Bertz CT molecular complexity index is 1360. The molecule has 0 saturated carbocycles. The van der Waals surface area contributed by atoms with Crippen LogP contribution in [0.15, 0.2) is 66.9 Å². The number of ether oxygens (including phenoxy) is 1. The number of nitrogens with one attached hydrogen (secondary N) is 2. The van der Waals surface area contributed by atoms with E-state index in [1.807, 2.05) is 67.7 Å². The van der Waals surface area contributed by atoms with Crippen LogP contribution in [0.5, 0.6) is 5.75 Å². The van der Waals surface area contributed by atoms with Crippen molar-refractivity contribution in [3.8, 4) is 16.9 Å². The lowest BCUT2D eigenvalue weighted by atomic mass is 9.86. The largest absolute Gasteiger partial charge is 0.492 e. The molecule has 1 aromatic heterocycles. The molecule has 0 radical (unpaired) electrons. The highest BCUT2D eigenvalue weighted by molar-refractivity contribution is 6.10. The molecule has 3 aromatic carbocycles. The lowest BCUT2D eigenvalue weighted by Crippen LogP contribution is -2.21. The molecular formula is C28H30N4O2. The van der Waals surface area contributed by atoms with Gasteiger partial charge in [-0.1, -0.05) is 57.2 Å². The second-order valence-corrected chi connectivity index (χ2v) is 9.37. The van der Waals surface area contributed by atoms with Crippen molar-refractivity contribution in [3.05, 3.63) is 78.1 Å². The van der Waals surface area contributed by atoms with Crippen molar-refractivity contribution in [2.75, 3.05) is 23.5 Å². The zero-order chi connectivity index (χ0) is 24.5. The van der Waals surface area contributed by atoms with Crippen molar-refractivity contribution in [2.45, 2.75) is 33.1 Å². The average molecular weight is 455 g/mol. The number of anilines is 3. The molecule has 174 valence electrons. The third kappa shape index (κ3) is 4.66. The van der Waals surface area contributed by atoms with E-state index in [9.17, 15) is 4.79 Å². The van der Waals surface area contributed by atoms with Crippen LogP contribution in [0.2, 0.25) is 0 Å². The Hall–Kier alpha value is -4.06. The van der Waals surface area contributed by atoms with Gasteiger partial charge in [0.2, 0.25) is 0 Å². The van der Waals surface area contributed by atoms with Gasteiger partial charge in [-0.2, -0.15) is 0 Å². The maximum atomic E-state index is 13.0. The molecule has 1 heterocycles. The van der Waals surface area contributed by atoms with Gasteiger partial charge >= 0.3 is 6.03 Å². The van der Waals surface area contributed by atoms with Crippen LogP contribution in [0.3, 0.4) is 0 Å². The number of carbonyl (C=O) groups is 1. The van der Waals surface area contributed by atoms with E-state index in [0.717, 1.165) is 33.2 Å². The lowest BCUT2D eigenvalue weighted by molar-refractivity contribution is 0.262. The van der Waals surface area contributed by atoms with Crippen LogP contribution in [-0.4, -0.2) is 18.1 Å². The number of pyridine rings is 1. The fraction of sp³-hybridized carbons (Fsp3) is 0.214. The highest BCUT2D eigenvalue weighted by Gasteiger charge is 2.20. The number of nitrogens with two attached hydrogens (primary N) is 1. The van der Waals surface area contributed by atoms with Crippen molar-refractivity contribution >= 4 is 33.9 Å². The highest BCUT2D eigenvalue weighted by atomic mass is 16.5. The van der Waals surface area contributed by atoms with Gasteiger partial charge in [0.25, 0.3) is 0 Å². The van der Waals surface area contributed by atoms with Crippen LogP contribution in [0, 0.1) is 6.92 Å². The summed E-state index contributed by atoms with van der Waals surface area (Å²) < 4.78 is 5.46. The quantitative estimate of drug-likeness (QED) is 0.298. The molecule has 0 aliphatic rings. The maximum absolute atomic E-state index is 13.0. The smallest absolute Gasteiger partial charge is 0.323 e. The highest BCUT2D eigenvalue weighted by Crippen LogP contribution is 2.37. The first-order valence-corrected chi connectivity index (χ1v) is 11.2. The van der Waals surface area contributed by atoms with E-state index in [-0.39, 0.29) is 11.4 Å². The number of urea groups is 1. The Morgan fingerprint density at radius 2 is 1.65 bits per heavy atom. The van der Waals surface area contributed by atoms with Crippen LogP contribution >= 0.6 is 0 Å². The second kappa shape index (κ2) is 9.06. The number of aromatic nitrogens is 1. The number of aryl methyl sites for hydroxylation is 1. The Labute approximate surface area is 200 Å². The van der Waals surface area contributed by atoms with Gasteiger partial charge in [0, 0.05) is 22.8 Å². The average Bonchev–Trinajstić information content (AvgIpc) is 2.79. The van der Waals surface area contributed by atoms with E-state index in [1.165, 1.54) is 7.11 Å². The van der Waals surface area contributed by atoms with Crippen molar-refractivity contribution < 1.29 is 9.53 Å². The monoisotopic (exact) mass is 454 g/mol. The number of nitrogen functional groups attached to an aromatic ring is 1. The van der Waals surface area contributed by atoms with E-state index in [2.05, 4.69) is 42.5 Å². The summed E-state index contributed by atoms with van der Waals surface area (Å²) in [4.78, 5) is 17.5. The minimum Gasteiger partial charge on any atom is -0.492 e. The zero-order valence-corrected chi connectivity index (χ0v) is 20.2. The SMILES string of the molecule is COc1c(N)cc(C(C)(C)C)cc1NC(=O)Nc1ccc(-c2ccc(C)nc2)c2ccccc12. The number of amides is 2. The second-order valence-electron chi connectivity index (χ2n) is 9.37. The predicted molar refractivity (Wildman–Crippen MR) is 141 cm³/mol. The summed E-state index contributed by atoms with van der Waals surface area (Å²) in [5.41, 5.74) is 11.8. The Morgan fingerprint density at radius 3 is 2.29 bits per heavy atom. The van der Waals surface area contributed by atoms with Gasteiger partial charge in [-0.3, -0.25) is 4.98 Å². The first-order chi connectivity index (χ1) is 16.2.